The van der Waals surface area contributed by atoms with E-state index in [0.717, 1.165) is 32.4 Å². The number of Topliss-reactive ketones (excluding diaryl/α,β-unsaturated/α-hetero) is 1. The summed E-state index contributed by atoms with van der Waals surface area (Å²) in [5, 5.41) is 9.53. The first kappa shape index (κ1) is 18.6. The number of ketones is 1. The first-order chi connectivity index (χ1) is 10.1. The molecule has 10 heteroatoms. The maximum absolute atomic E-state index is 12.5. The van der Waals surface area contributed by atoms with Crippen molar-refractivity contribution >= 4 is 13.4 Å². The lowest BCUT2D eigenvalue weighted by Crippen LogP contribution is -2.29. The van der Waals surface area contributed by atoms with Gasteiger partial charge in [-0.2, -0.15) is 13.2 Å². The van der Waals surface area contributed by atoms with Gasteiger partial charge in [-0.05, 0) is 18.2 Å². The van der Waals surface area contributed by atoms with Gasteiger partial charge in [-0.25, -0.2) is 0 Å². The zero-order valence-corrected chi connectivity index (χ0v) is 12.6. The van der Waals surface area contributed by atoms with Crippen LogP contribution in [-0.4, -0.2) is 37.6 Å². The number of carbonyl (C=O) groups excluding carboxylic acids is 1. The molecule has 0 radical (unpaired) electrons. The second kappa shape index (κ2) is 7.23. The molecule has 1 rings (SSSR count). The molecule has 0 aliphatic rings. The third-order valence-corrected chi connectivity index (χ3v) is 4.40. The van der Waals surface area contributed by atoms with Gasteiger partial charge in [0.1, 0.15) is 11.9 Å². The standard InChI is InChI=1S/C12H14F3O6P/c1-19-22(18,20-2)7-10(16)11(17)21-9-5-3-4-8(6-9)12(13,14)15/h3-6,11,17H,7H2,1-2H3. The summed E-state index contributed by atoms with van der Waals surface area (Å²) in [6.07, 6.45) is -7.46. The number of alkyl halides is 3. The van der Waals surface area contributed by atoms with Crippen LogP contribution in [0.5, 0.6) is 5.75 Å². The Kier molecular flexibility index (Phi) is 6.13. The fraction of sp³-hybridized carbons (Fsp3) is 0.417. The Morgan fingerprint density at radius 2 is 1.91 bits per heavy atom. The van der Waals surface area contributed by atoms with Gasteiger partial charge in [0.25, 0.3) is 6.29 Å². The molecule has 6 nitrogen and oxygen atoms in total. The van der Waals surface area contributed by atoms with Crippen molar-refractivity contribution in [2.45, 2.75) is 12.5 Å². The van der Waals surface area contributed by atoms with Crippen molar-refractivity contribution in [3.8, 4) is 5.75 Å². The van der Waals surface area contributed by atoms with Gasteiger partial charge in [-0.15, -0.1) is 0 Å². The smallest absolute Gasteiger partial charge is 0.416 e. The van der Waals surface area contributed by atoms with Crippen molar-refractivity contribution in [1.82, 2.24) is 0 Å². The summed E-state index contributed by atoms with van der Waals surface area (Å²) >= 11 is 0. The average Bonchev–Trinajstić information content (AvgIpc) is 2.46. The number of aliphatic hydroxyl groups is 1. The fourth-order valence-corrected chi connectivity index (χ4v) is 2.36. The van der Waals surface area contributed by atoms with Gasteiger partial charge >= 0.3 is 13.8 Å². The van der Waals surface area contributed by atoms with Crippen molar-refractivity contribution in [2.75, 3.05) is 20.4 Å². The van der Waals surface area contributed by atoms with Gasteiger partial charge in [0, 0.05) is 14.2 Å². The highest BCUT2D eigenvalue weighted by Crippen LogP contribution is 2.46. The zero-order valence-electron chi connectivity index (χ0n) is 11.7. The van der Waals surface area contributed by atoms with Crippen LogP contribution in [0.25, 0.3) is 0 Å². The minimum Gasteiger partial charge on any atom is -0.458 e. The topological polar surface area (TPSA) is 82.1 Å². The third-order valence-electron chi connectivity index (χ3n) is 2.59. The number of ether oxygens (including phenoxy) is 1. The molecule has 1 unspecified atom stereocenters. The van der Waals surface area contributed by atoms with E-state index in [0.29, 0.717) is 6.07 Å². The van der Waals surface area contributed by atoms with E-state index in [2.05, 4.69) is 9.05 Å². The lowest BCUT2D eigenvalue weighted by Gasteiger charge is -2.17. The summed E-state index contributed by atoms with van der Waals surface area (Å²) in [6.45, 7) is 0. The van der Waals surface area contributed by atoms with E-state index < -0.39 is 37.6 Å². The first-order valence-corrected chi connectivity index (χ1v) is 7.59. The number of rotatable bonds is 7. The van der Waals surface area contributed by atoms with Crippen molar-refractivity contribution in [2.24, 2.45) is 0 Å². The van der Waals surface area contributed by atoms with Crippen LogP contribution in [0.2, 0.25) is 0 Å². The van der Waals surface area contributed by atoms with Crippen LogP contribution in [0.15, 0.2) is 24.3 Å². The minimum absolute atomic E-state index is 0.361. The number of halogens is 3. The van der Waals surface area contributed by atoms with E-state index in [1.54, 1.807) is 0 Å². The number of hydrogen-bond acceptors (Lipinski definition) is 6. The van der Waals surface area contributed by atoms with Crippen molar-refractivity contribution < 1.29 is 41.4 Å². The molecule has 22 heavy (non-hydrogen) atoms. The molecule has 0 amide bonds. The molecule has 1 aromatic rings. The zero-order chi connectivity index (χ0) is 17.0. The van der Waals surface area contributed by atoms with Gasteiger partial charge in [0.2, 0.25) is 5.78 Å². The van der Waals surface area contributed by atoms with Crippen LogP contribution in [0.1, 0.15) is 5.56 Å². The number of aliphatic hydroxyl groups excluding tert-OH is 1. The molecule has 0 saturated carbocycles. The first-order valence-electron chi connectivity index (χ1n) is 5.86. The van der Waals surface area contributed by atoms with E-state index in [1.807, 2.05) is 0 Å². The molecule has 0 bridgehead atoms. The quantitative estimate of drug-likeness (QED) is 0.605. The maximum Gasteiger partial charge on any atom is 0.416 e. The summed E-state index contributed by atoms with van der Waals surface area (Å²) in [7, 11) is -1.60. The Bertz CT molecular complexity index is 566. The van der Waals surface area contributed by atoms with Gasteiger partial charge in [0.05, 0.1) is 5.56 Å². The van der Waals surface area contributed by atoms with Crippen LogP contribution >= 0.6 is 7.60 Å². The molecule has 124 valence electrons. The van der Waals surface area contributed by atoms with E-state index in [1.165, 1.54) is 0 Å². The van der Waals surface area contributed by atoms with Crippen molar-refractivity contribution in [3.63, 3.8) is 0 Å². The Labute approximate surface area is 124 Å². The van der Waals surface area contributed by atoms with Gasteiger partial charge in [-0.1, -0.05) is 6.07 Å². The predicted molar refractivity (Wildman–Crippen MR) is 69.6 cm³/mol. The molecule has 0 heterocycles. The van der Waals surface area contributed by atoms with Crippen molar-refractivity contribution in [3.05, 3.63) is 29.8 Å². The van der Waals surface area contributed by atoms with Gasteiger partial charge in [0.15, 0.2) is 0 Å². The summed E-state index contributed by atoms with van der Waals surface area (Å²) in [5.74, 6) is -1.41. The highest BCUT2D eigenvalue weighted by molar-refractivity contribution is 7.54. The number of hydrogen-bond donors (Lipinski definition) is 1. The number of carbonyl (C=O) groups is 1. The Balaban J connectivity index is 2.79. The molecule has 0 aliphatic carbocycles. The van der Waals surface area contributed by atoms with Crippen LogP contribution < -0.4 is 4.74 Å². The lowest BCUT2D eigenvalue weighted by atomic mass is 10.2. The molecule has 1 atom stereocenters. The largest absolute Gasteiger partial charge is 0.458 e. The molecular weight excluding hydrogens is 328 g/mol. The summed E-state index contributed by atoms with van der Waals surface area (Å²) in [5.41, 5.74) is -0.996. The van der Waals surface area contributed by atoms with E-state index >= 15 is 0 Å². The highest BCUT2D eigenvalue weighted by Gasteiger charge is 2.32. The van der Waals surface area contributed by atoms with E-state index in [-0.39, 0.29) is 5.75 Å². The normalized spacial score (nSPS) is 13.7. The molecule has 0 fully saturated rings. The molecule has 1 aromatic carbocycles. The molecule has 1 N–H and O–H groups in total. The Morgan fingerprint density at radius 1 is 1.32 bits per heavy atom. The third kappa shape index (κ3) is 5.10. The molecule has 0 aliphatic heterocycles. The lowest BCUT2D eigenvalue weighted by molar-refractivity contribution is -0.139. The highest BCUT2D eigenvalue weighted by atomic mass is 31.2. The van der Waals surface area contributed by atoms with Gasteiger partial charge < -0.3 is 18.9 Å². The second-order valence-electron chi connectivity index (χ2n) is 4.10. The van der Waals surface area contributed by atoms with Crippen molar-refractivity contribution in [1.29, 1.82) is 0 Å². The summed E-state index contributed by atoms with van der Waals surface area (Å²) in [6, 6.07) is 3.64. The Hall–Kier alpha value is -1.41. The second-order valence-corrected chi connectivity index (χ2v) is 6.36. The minimum atomic E-state index is -4.59. The molecule has 0 saturated heterocycles. The van der Waals surface area contributed by atoms with Crippen LogP contribution in [0.3, 0.4) is 0 Å². The van der Waals surface area contributed by atoms with Crippen LogP contribution in [0.4, 0.5) is 13.2 Å². The van der Waals surface area contributed by atoms with Crippen LogP contribution in [0, 0.1) is 0 Å². The molecule has 0 aromatic heterocycles. The molecular formula is C12H14F3O6P. The number of benzene rings is 1. The predicted octanol–water partition coefficient (Wildman–Crippen LogP) is 2.46. The van der Waals surface area contributed by atoms with E-state index in [9.17, 15) is 27.6 Å². The monoisotopic (exact) mass is 342 g/mol. The van der Waals surface area contributed by atoms with Gasteiger partial charge in [-0.3, -0.25) is 9.36 Å². The van der Waals surface area contributed by atoms with E-state index in [4.69, 9.17) is 4.74 Å². The maximum atomic E-state index is 12.5. The Morgan fingerprint density at radius 3 is 2.41 bits per heavy atom. The summed E-state index contributed by atoms with van der Waals surface area (Å²) < 4.78 is 63.1. The summed E-state index contributed by atoms with van der Waals surface area (Å²) in [4.78, 5) is 11.6. The average molecular weight is 342 g/mol. The molecule has 0 spiro atoms. The van der Waals surface area contributed by atoms with Crippen LogP contribution in [-0.2, 0) is 24.6 Å². The SMILES string of the molecule is COP(=O)(CC(=O)C(O)Oc1cccc(C(F)(F)F)c1)OC. The fourth-order valence-electron chi connectivity index (χ4n) is 1.41.